The maximum absolute atomic E-state index is 12.3. The van der Waals surface area contributed by atoms with Crippen LogP contribution in [-0.2, 0) is 11.3 Å². The molecule has 0 fully saturated rings. The van der Waals surface area contributed by atoms with Crippen LogP contribution in [0.5, 0.6) is 23.0 Å². The van der Waals surface area contributed by atoms with E-state index in [-0.39, 0.29) is 5.91 Å². The molecule has 6 nitrogen and oxygen atoms in total. The summed E-state index contributed by atoms with van der Waals surface area (Å²) in [6.45, 7) is 0.331. The van der Waals surface area contributed by atoms with Gasteiger partial charge in [-0.3, -0.25) is 4.79 Å². The average Bonchev–Trinajstić information content (AvgIpc) is 2.79. The summed E-state index contributed by atoms with van der Waals surface area (Å²) < 4.78 is 21.2. The van der Waals surface area contributed by atoms with Gasteiger partial charge in [0.15, 0.2) is 11.5 Å². The summed E-state index contributed by atoms with van der Waals surface area (Å²) in [5.41, 5.74) is 1.78. The number of rotatable bonds is 8. The first-order valence-electron chi connectivity index (χ1n) is 9.40. The number of hydrogen-bond donors (Lipinski definition) is 1. The molecular formula is C24H25NO5. The maximum Gasteiger partial charge on any atom is 0.244 e. The molecular weight excluding hydrogens is 382 g/mol. The van der Waals surface area contributed by atoms with Crippen molar-refractivity contribution < 1.29 is 23.7 Å². The SMILES string of the molecule is COc1ccc2cc(/C=C/C(=O)NCc3cc(OC)c(OC)c(OC)c3)ccc2c1. The van der Waals surface area contributed by atoms with Crippen LogP contribution in [0, 0.1) is 0 Å². The van der Waals surface area contributed by atoms with Gasteiger partial charge in [0.05, 0.1) is 28.4 Å². The molecule has 0 atom stereocenters. The van der Waals surface area contributed by atoms with Gasteiger partial charge >= 0.3 is 0 Å². The van der Waals surface area contributed by atoms with E-state index in [1.807, 2.05) is 48.5 Å². The molecule has 0 radical (unpaired) electrons. The van der Waals surface area contributed by atoms with Crippen LogP contribution < -0.4 is 24.3 Å². The molecule has 0 aliphatic rings. The first-order valence-corrected chi connectivity index (χ1v) is 9.40. The molecule has 1 amide bonds. The monoisotopic (exact) mass is 407 g/mol. The minimum absolute atomic E-state index is 0.196. The fraction of sp³-hybridized carbons (Fsp3) is 0.208. The van der Waals surface area contributed by atoms with Crippen LogP contribution in [0.4, 0.5) is 0 Å². The predicted octanol–water partition coefficient (Wildman–Crippen LogP) is 4.20. The highest BCUT2D eigenvalue weighted by molar-refractivity contribution is 5.93. The number of hydrogen-bond acceptors (Lipinski definition) is 5. The molecule has 0 aliphatic carbocycles. The Bertz CT molecular complexity index is 1050. The van der Waals surface area contributed by atoms with E-state index in [9.17, 15) is 4.79 Å². The summed E-state index contributed by atoms with van der Waals surface area (Å²) in [5.74, 6) is 2.23. The fourth-order valence-corrected chi connectivity index (χ4v) is 3.13. The average molecular weight is 407 g/mol. The largest absolute Gasteiger partial charge is 0.497 e. The number of ether oxygens (including phenoxy) is 4. The maximum atomic E-state index is 12.3. The predicted molar refractivity (Wildman–Crippen MR) is 117 cm³/mol. The third-order valence-electron chi connectivity index (χ3n) is 4.69. The molecule has 0 aromatic heterocycles. The zero-order chi connectivity index (χ0) is 21.5. The van der Waals surface area contributed by atoms with Gasteiger partial charge in [-0.1, -0.05) is 18.2 Å². The lowest BCUT2D eigenvalue weighted by atomic mass is 10.1. The van der Waals surface area contributed by atoms with Crippen molar-refractivity contribution in [2.45, 2.75) is 6.54 Å². The lowest BCUT2D eigenvalue weighted by molar-refractivity contribution is -0.116. The number of carbonyl (C=O) groups is 1. The Kier molecular flexibility index (Phi) is 6.80. The summed E-state index contributed by atoms with van der Waals surface area (Å²) in [6, 6.07) is 15.5. The molecule has 156 valence electrons. The fourth-order valence-electron chi connectivity index (χ4n) is 3.13. The molecule has 30 heavy (non-hydrogen) atoms. The standard InChI is InChI=1S/C24H25NO5/c1-27-20-9-8-18-11-16(5-7-19(18)14-20)6-10-23(26)25-15-17-12-21(28-2)24(30-4)22(13-17)29-3/h5-14H,15H2,1-4H3,(H,25,26)/b10-6+. The van der Waals surface area contributed by atoms with Gasteiger partial charge in [-0.05, 0) is 58.3 Å². The van der Waals surface area contributed by atoms with Crippen LogP contribution in [0.3, 0.4) is 0 Å². The highest BCUT2D eigenvalue weighted by Crippen LogP contribution is 2.38. The van der Waals surface area contributed by atoms with Crippen molar-refractivity contribution in [1.29, 1.82) is 0 Å². The minimum Gasteiger partial charge on any atom is -0.497 e. The number of carbonyl (C=O) groups excluding carboxylic acids is 1. The van der Waals surface area contributed by atoms with E-state index in [1.165, 1.54) is 6.08 Å². The Morgan fingerprint density at radius 3 is 2.13 bits per heavy atom. The lowest BCUT2D eigenvalue weighted by Gasteiger charge is -2.14. The number of nitrogens with one attached hydrogen (secondary N) is 1. The summed E-state index contributed by atoms with van der Waals surface area (Å²) in [4.78, 5) is 12.3. The van der Waals surface area contributed by atoms with Gasteiger partial charge < -0.3 is 24.3 Å². The molecule has 0 bridgehead atoms. The summed E-state index contributed by atoms with van der Waals surface area (Å²) >= 11 is 0. The second-order valence-electron chi connectivity index (χ2n) is 6.56. The van der Waals surface area contributed by atoms with Crippen molar-refractivity contribution in [2.24, 2.45) is 0 Å². The third-order valence-corrected chi connectivity index (χ3v) is 4.69. The molecule has 3 rings (SSSR count). The normalized spacial score (nSPS) is 10.8. The van der Waals surface area contributed by atoms with Crippen LogP contribution in [0.2, 0.25) is 0 Å². The van der Waals surface area contributed by atoms with Crippen molar-refractivity contribution in [3.63, 3.8) is 0 Å². The van der Waals surface area contributed by atoms with Crippen LogP contribution >= 0.6 is 0 Å². The Balaban J connectivity index is 1.67. The van der Waals surface area contributed by atoms with Crippen molar-refractivity contribution in [3.8, 4) is 23.0 Å². The zero-order valence-corrected chi connectivity index (χ0v) is 17.5. The topological polar surface area (TPSA) is 66.0 Å². The summed E-state index contributed by atoms with van der Waals surface area (Å²) in [7, 11) is 6.31. The third kappa shape index (κ3) is 4.84. The molecule has 0 unspecified atom stereocenters. The summed E-state index contributed by atoms with van der Waals surface area (Å²) in [6.07, 6.45) is 3.30. The van der Waals surface area contributed by atoms with E-state index in [4.69, 9.17) is 18.9 Å². The summed E-state index contributed by atoms with van der Waals surface area (Å²) in [5, 5.41) is 5.03. The highest BCUT2D eigenvalue weighted by Gasteiger charge is 2.13. The van der Waals surface area contributed by atoms with Gasteiger partial charge in [-0.2, -0.15) is 0 Å². The highest BCUT2D eigenvalue weighted by atomic mass is 16.5. The molecule has 1 N–H and O–H groups in total. The van der Waals surface area contributed by atoms with Crippen molar-refractivity contribution in [2.75, 3.05) is 28.4 Å². The Labute approximate surface area is 176 Å². The van der Waals surface area contributed by atoms with Gasteiger partial charge in [0.2, 0.25) is 11.7 Å². The zero-order valence-electron chi connectivity index (χ0n) is 17.5. The van der Waals surface area contributed by atoms with E-state index in [1.54, 1.807) is 34.5 Å². The van der Waals surface area contributed by atoms with Crippen LogP contribution in [0.1, 0.15) is 11.1 Å². The number of amides is 1. The van der Waals surface area contributed by atoms with Gasteiger partial charge in [0.25, 0.3) is 0 Å². The Morgan fingerprint density at radius 2 is 1.50 bits per heavy atom. The number of fused-ring (bicyclic) bond motifs is 1. The quantitative estimate of drug-likeness (QED) is 0.567. The first kappa shape index (κ1) is 21.0. The van der Waals surface area contributed by atoms with Gasteiger partial charge in [0, 0.05) is 12.6 Å². The number of benzene rings is 3. The second kappa shape index (κ2) is 9.69. The van der Waals surface area contributed by atoms with E-state index < -0.39 is 0 Å². The molecule has 0 heterocycles. The molecule has 3 aromatic rings. The second-order valence-corrected chi connectivity index (χ2v) is 6.56. The molecule has 0 aliphatic heterocycles. The molecule has 3 aromatic carbocycles. The van der Waals surface area contributed by atoms with Gasteiger partial charge in [-0.25, -0.2) is 0 Å². The van der Waals surface area contributed by atoms with E-state index >= 15 is 0 Å². The van der Waals surface area contributed by atoms with Crippen LogP contribution in [0.15, 0.2) is 54.6 Å². The Hall–Kier alpha value is -3.67. The lowest BCUT2D eigenvalue weighted by Crippen LogP contribution is -2.20. The van der Waals surface area contributed by atoms with Crippen LogP contribution in [0.25, 0.3) is 16.8 Å². The molecule has 6 heteroatoms. The van der Waals surface area contributed by atoms with Gasteiger partial charge in [0.1, 0.15) is 5.75 Å². The molecule has 0 saturated heterocycles. The number of methoxy groups -OCH3 is 4. The van der Waals surface area contributed by atoms with E-state index in [0.29, 0.717) is 23.8 Å². The van der Waals surface area contributed by atoms with Gasteiger partial charge in [-0.15, -0.1) is 0 Å². The molecule has 0 spiro atoms. The first-order chi connectivity index (χ1) is 14.6. The minimum atomic E-state index is -0.196. The van der Waals surface area contributed by atoms with Crippen molar-refractivity contribution in [1.82, 2.24) is 5.32 Å². The molecule has 0 saturated carbocycles. The Morgan fingerprint density at radius 1 is 0.833 bits per heavy atom. The smallest absolute Gasteiger partial charge is 0.244 e. The van der Waals surface area contributed by atoms with Crippen LogP contribution in [-0.4, -0.2) is 34.3 Å². The van der Waals surface area contributed by atoms with E-state index in [0.717, 1.165) is 27.6 Å². The van der Waals surface area contributed by atoms with Crippen molar-refractivity contribution in [3.05, 3.63) is 65.7 Å². The van der Waals surface area contributed by atoms with Crippen molar-refractivity contribution >= 4 is 22.8 Å². The van der Waals surface area contributed by atoms with E-state index in [2.05, 4.69) is 5.32 Å².